The molecule has 1 unspecified atom stereocenters. The molecule has 0 spiro atoms. The van der Waals surface area contributed by atoms with Crippen LogP contribution in [0.1, 0.15) is 30.1 Å². The quantitative estimate of drug-likeness (QED) is 0.881. The summed E-state index contributed by atoms with van der Waals surface area (Å²) in [6.07, 6.45) is 3.97. The second kappa shape index (κ2) is 7.77. The summed E-state index contributed by atoms with van der Waals surface area (Å²) >= 11 is 0. The van der Waals surface area contributed by atoms with Gasteiger partial charge in [-0.2, -0.15) is 5.10 Å². The number of H-pyrrole nitrogens is 1. The molecule has 1 saturated heterocycles. The molecule has 0 saturated carbocycles. The van der Waals surface area contributed by atoms with E-state index >= 15 is 0 Å². The largest absolute Gasteiger partial charge is 0.383 e. The Labute approximate surface area is 142 Å². The van der Waals surface area contributed by atoms with Crippen LogP contribution in [0.2, 0.25) is 0 Å². The zero-order chi connectivity index (χ0) is 16.9. The molecular formula is C18H26N4O2. The van der Waals surface area contributed by atoms with Gasteiger partial charge in [0.15, 0.2) is 0 Å². The van der Waals surface area contributed by atoms with Crippen molar-refractivity contribution in [2.45, 2.75) is 25.8 Å². The number of ether oxygens (including phenoxy) is 1. The Morgan fingerprint density at radius 1 is 1.42 bits per heavy atom. The number of hydrogen-bond donors (Lipinski definition) is 1. The average molecular weight is 330 g/mol. The Morgan fingerprint density at radius 2 is 2.29 bits per heavy atom. The molecule has 24 heavy (non-hydrogen) atoms. The predicted octanol–water partition coefficient (Wildman–Crippen LogP) is 2.14. The van der Waals surface area contributed by atoms with Gasteiger partial charge in [0.05, 0.1) is 23.9 Å². The third-order valence-electron chi connectivity index (χ3n) is 4.80. The van der Waals surface area contributed by atoms with Gasteiger partial charge in [0.25, 0.3) is 5.91 Å². The Morgan fingerprint density at radius 3 is 3.08 bits per heavy atom. The zero-order valence-electron chi connectivity index (χ0n) is 14.5. The number of amides is 1. The molecule has 130 valence electrons. The van der Waals surface area contributed by atoms with Crippen molar-refractivity contribution >= 4 is 16.8 Å². The summed E-state index contributed by atoms with van der Waals surface area (Å²) in [5.74, 6) is 0.0948. The number of carbonyl (C=O) groups excluding carboxylic acids is 1. The highest BCUT2D eigenvalue weighted by atomic mass is 16.5. The molecule has 3 rings (SSSR count). The highest BCUT2D eigenvalue weighted by molar-refractivity contribution is 6.05. The fourth-order valence-corrected chi connectivity index (χ4v) is 3.50. The number of fused-ring (bicyclic) bond motifs is 1. The molecule has 2 heterocycles. The summed E-state index contributed by atoms with van der Waals surface area (Å²) < 4.78 is 5.22. The molecule has 1 fully saturated rings. The standard InChI is InChI=1S/C18H26N4O2/c1-3-5-15-13-22(9-8-21(15)10-11-24-2)18(23)16-7-4-6-14-12-19-20-17(14)16/h4,6-7,12,15H,3,5,8-11,13H2,1-2H3,(H,19,20). The fraction of sp³-hybridized carbons (Fsp3) is 0.556. The first-order valence-corrected chi connectivity index (χ1v) is 8.69. The highest BCUT2D eigenvalue weighted by Crippen LogP contribution is 2.21. The molecule has 0 bridgehead atoms. The lowest BCUT2D eigenvalue weighted by Gasteiger charge is -2.41. The van der Waals surface area contributed by atoms with Gasteiger partial charge >= 0.3 is 0 Å². The maximum Gasteiger partial charge on any atom is 0.256 e. The van der Waals surface area contributed by atoms with E-state index in [0.717, 1.165) is 56.5 Å². The van der Waals surface area contributed by atoms with Crippen molar-refractivity contribution in [1.82, 2.24) is 20.0 Å². The van der Waals surface area contributed by atoms with Crippen LogP contribution in [0.15, 0.2) is 24.4 Å². The molecule has 6 heteroatoms. The van der Waals surface area contributed by atoms with E-state index in [9.17, 15) is 4.79 Å². The van der Waals surface area contributed by atoms with Crippen molar-refractivity contribution in [3.63, 3.8) is 0 Å². The van der Waals surface area contributed by atoms with E-state index in [1.165, 1.54) is 0 Å². The van der Waals surface area contributed by atoms with Crippen LogP contribution in [0.3, 0.4) is 0 Å². The van der Waals surface area contributed by atoms with E-state index < -0.39 is 0 Å². The van der Waals surface area contributed by atoms with Gasteiger partial charge in [0.1, 0.15) is 0 Å². The van der Waals surface area contributed by atoms with Crippen molar-refractivity contribution in [1.29, 1.82) is 0 Å². The van der Waals surface area contributed by atoms with Gasteiger partial charge in [-0.25, -0.2) is 0 Å². The molecule has 0 radical (unpaired) electrons. The summed E-state index contributed by atoms with van der Waals surface area (Å²) in [4.78, 5) is 17.5. The highest BCUT2D eigenvalue weighted by Gasteiger charge is 2.29. The topological polar surface area (TPSA) is 61.5 Å². The van der Waals surface area contributed by atoms with Crippen LogP contribution >= 0.6 is 0 Å². The number of aromatic nitrogens is 2. The molecular weight excluding hydrogens is 304 g/mol. The van der Waals surface area contributed by atoms with E-state index in [1.807, 2.05) is 23.1 Å². The number of rotatable bonds is 6. The lowest BCUT2D eigenvalue weighted by molar-refractivity contribution is 0.0372. The van der Waals surface area contributed by atoms with Crippen LogP contribution in [-0.2, 0) is 4.74 Å². The number of piperazine rings is 1. The number of methoxy groups -OCH3 is 1. The Balaban J connectivity index is 1.75. The first-order valence-electron chi connectivity index (χ1n) is 8.69. The number of benzene rings is 1. The van der Waals surface area contributed by atoms with E-state index in [-0.39, 0.29) is 5.91 Å². The Hall–Kier alpha value is -1.92. The first-order chi connectivity index (χ1) is 11.7. The Kier molecular flexibility index (Phi) is 5.48. The second-order valence-electron chi connectivity index (χ2n) is 6.36. The van der Waals surface area contributed by atoms with Gasteiger partial charge in [-0.3, -0.25) is 14.8 Å². The molecule has 2 aromatic rings. The van der Waals surface area contributed by atoms with Crippen molar-refractivity contribution in [2.24, 2.45) is 0 Å². The fourth-order valence-electron chi connectivity index (χ4n) is 3.50. The van der Waals surface area contributed by atoms with E-state index in [4.69, 9.17) is 4.74 Å². The summed E-state index contributed by atoms with van der Waals surface area (Å²) in [5.41, 5.74) is 1.54. The van der Waals surface area contributed by atoms with Gasteiger partial charge in [-0.05, 0) is 12.5 Å². The molecule has 1 N–H and O–H groups in total. The van der Waals surface area contributed by atoms with Gasteiger partial charge in [-0.15, -0.1) is 0 Å². The summed E-state index contributed by atoms with van der Waals surface area (Å²) in [6, 6.07) is 6.18. The average Bonchev–Trinajstić information content (AvgIpc) is 3.09. The minimum atomic E-state index is 0.0948. The van der Waals surface area contributed by atoms with Gasteiger partial charge in [0, 0.05) is 44.7 Å². The SMILES string of the molecule is CCCC1CN(C(=O)c2cccc3cn[nH]c23)CCN1CCOC. The molecule has 1 aliphatic rings. The molecule has 1 aliphatic heterocycles. The molecule has 1 aromatic heterocycles. The lowest BCUT2D eigenvalue weighted by Crippen LogP contribution is -2.55. The number of hydrogen-bond acceptors (Lipinski definition) is 4. The number of nitrogens with zero attached hydrogens (tertiary/aromatic N) is 3. The third-order valence-corrected chi connectivity index (χ3v) is 4.80. The monoisotopic (exact) mass is 330 g/mol. The number of aromatic amines is 1. The predicted molar refractivity (Wildman–Crippen MR) is 94.1 cm³/mol. The maximum atomic E-state index is 13.0. The normalized spacial score (nSPS) is 19.1. The summed E-state index contributed by atoms with van der Waals surface area (Å²) in [6.45, 7) is 6.30. The zero-order valence-corrected chi connectivity index (χ0v) is 14.5. The smallest absolute Gasteiger partial charge is 0.256 e. The third kappa shape index (κ3) is 3.44. The molecule has 0 aliphatic carbocycles. The molecule has 1 amide bonds. The molecule has 6 nitrogen and oxygen atoms in total. The Bertz CT molecular complexity index is 684. The van der Waals surface area contributed by atoms with Crippen LogP contribution in [-0.4, -0.2) is 71.8 Å². The van der Waals surface area contributed by atoms with Crippen LogP contribution in [0, 0.1) is 0 Å². The van der Waals surface area contributed by atoms with Crippen LogP contribution in [0.4, 0.5) is 0 Å². The minimum Gasteiger partial charge on any atom is -0.383 e. The van der Waals surface area contributed by atoms with Crippen molar-refractivity contribution < 1.29 is 9.53 Å². The summed E-state index contributed by atoms with van der Waals surface area (Å²) in [7, 11) is 1.74. The molecule has 1 aromatic carbocycles. The van der Waals surface area contributed by atoms with Gasteiger partial charge in [0.2, 0.25) is 0 Å². The van der Waals surface area contributed by atoms with Crippen molar-refractivity contribution in [3.05, 3.63) is 30.0 Å². The van der Waals surface area contributed by atoms with E-state index in [1.54, 1.807) is 13.3 Å². The van der Waals surface area contributed by atoms with E-state index in [0.29, 0.717) is 11.6 Å². The number of carbonyl (C=O) groups is 1. The molecule has 1 atom stereocenters. The number of para-hydroxylation sites is 1. The van der Waals surface area contributed by atoms with Crippen molar-refractivity contribution in [3.8, 4) is 0 Å². The van der Waals surface area contributed by atoms with Crippen LogP contribution < -0.4 is 0 Å². The van der Waals surface area contributed by atoms with Gasteiger partial charge in [-0.1, -0.05) is 25.5 Å². The van der Waals surface area contributed by atoms with Gasteiger partial charge < -0.3 is 9.64 Å². The number of nitrogens with one attached hydrogen (secondary N) is 1. The minimum absolute atomic E-state index is 0.0948. The summed E-state index contributed by atoms with van der Waals surface area (Å²) in [5, 5.41) is 8.00. The van der Waals surface area contributed by atoms with Crippen LogP contribution in [0.25, 0.3) is 10.9 Å². The second-order valence-corrected chi connectivity index (χ2v) is 6.36. The van der Waals surface area contributed by atoms with E-state index in [2.05, 4.69) is 22.0 Å². The first kappa shape index (κ1) is 16.9. The maximum absolute atomic E-state index is 13.0. The lowest BCUT2D eigenvalue weighted by atomic mass is 10.0. The van der Waals surface area contributed by atoms with Crippen molar-refractivity contribution in [2.75, 3.05) is 39.9 Å². The van der Waals surface area contributed by atoms with Crippen LogP contribution in [0.5, 0.6) is 0 Å².